The lowest BCUT2D eigenvalue weighted by molar-refractivity contribution is -0.281. The number of alkyl halides is 5. The molecule has 0 saturated carbocycles. The topological polar surface area (TPSA) is 54.0 Å². The van der Waals surface area contributed by atoms with Crippen molar-refractivity contribution in [1.29, 1.82) is 0 Å². The number of rotatable bonds is 2. The van der Waals surface area contributed by atoms with E-state index in [1.807, 2.05) is 0 Å². The van der Waals surface area contributed by atoms with Crippen LogP contribution in [0, 0.1) is 0 Å². The van der Waals surface area contributed by atoms with E-state index >= 15 is 0 Å². The Balaban J connectivity index is 5.09. The molecule has 1 atom stereocenters. The van der Waals surface area contributed by atoms with Gasteiger partial charge in [0.05, 0.1) is 0 Å². The van der Waals surface area contributed by atoms with Crippen LogP contribution in [0.15, 0.2) is 0 Å². The highest BCUT2D eigenvalue weighted by Crippen LogP contribution is 2.40. The SMILES string of the molecule is CC(C(F)(F)C(F)(F)F)S([O])(=O)=O. The van der Waals surface area contributed by atoms with E-state index in [2.05, 4.69) is 0 Å². The van der Waals surface area contributed by atoms with Crippen molar-refractivity contribution >= 4 is 10.1 Å². The molecule has 0 bridgehead atoms. The summed E-state index contributed by atoms with van der Waals surface area (Å²) in [5.41, 5.74) is 0. The van der Waals surface area contributed by atoms with Gasteiger partial charge >= 0.3 is 22.2 Å². The average molecular weight is 227 g/mol. The highest BCUT2D eigenvalue weighted by Gasteiger charge is 2.64. The maximum absolute atomic E-state index is 12.1. The largest absolute Gasteiger partial charge is 0.454 e. The molecule has 1 unspecified atom stereocenters. The molecule has 0 heterocycles. The predicted molar refractivity (Wildman–Crippen MR) is 30.1 cm³/mol. The van der Waals surface area contributed by atoms with Gasteiger partial charge in [-0.25, -0.2) is 0 Å². The second-order valence-corrected chi connectivity index (χ2v) is 3.95. The van der Waals surface area contributed by atoms with Gasteiger partial charge in [0.25, 0.3) is 0 Å². The van der Waals surface area contributed by atoms with E-state index in [4.69, 9.17) is 0 Å². The minimum Gasteiger partial charge on any atom is -0.196 e. The van der Waals surface area contributed by atoms with Crippen molar-refractivity contribution in [3.63, 3.8) is 0 Å². The molecule has 0 fully saturated rings. The van der Waals surface area contributed by atoms with Gasteiger partial charge < -0.3 is 0 Å². The molecular formula is C4H4F5O3S. The van der Waals surface area contributed by atoms with Gasteiger partial charge in [0.15, 0.2) is 5.25 Å². The van der Waals surface area contributed by atoms with Crippen molar-refractivity contribution in [3.05, 3.63) is 0 Å². The van der Waals surface area contributed by atoms with Crippen LogP contribution in [0.1, 0.15) is 6.92 Å². The molecule has 9 heteroatoms. The zero-order valence-corrected chi connectivity index (χ0v) is 6.92. The Labute approximate surface area is 70.3 Å². The van der Waals surface area contributed by atoms with E-state index in [1.54, 1.807) is 0 Å². The fourth-order valence-corrected chi connectivity index (χ4v) is 0.908. The Hall–Kier alpha value is -0.440. The van der Waals surface area contributed by atoms with Crippen LogP contribution in [-0.4, -0.2) is 25.8 Å². The lowest BCUT2D eigenvalue weighted by atomic mass is 10.2. The third-order valence-corrected chi connectivity index (χ3v) is 2.48. The highest BCUT2D eigenvalue weighted by atomic mass is 32.2. The van der Waals surface area contributed by atoms with E-state index < -0.39 is 27.5 Å². The number of hydrogen-bond donors (Lipinski definition) is 0. The standard InChI is InChI=1S/C4H4F5O3S/c1-2(13(10,11)12)3(5,6)4(7,8)9/h2H,1H3. The third kappa shape index (κ3) is 2.50. The van der Waals surface area contributed by atoms with Crippen molar-refractivity contribution in [3.8, 4) is 0 Å². The zero-order chi connectivity index (χ0) is 11.1. The summed E-state index contributed by atoms with van der Waals surface area (Å²) in [6, 6.07) is 0. The van der Waals surface area contributed by atoms with Crippen molar-refractivity contribution in [1.82, 2.24) is 0 Å². The number of hydrogen-bond acceptors (Lipinski definition) is 2. The molecule has 3 nitrogen and oxygen atoms in total. The average Bonchev–Trinajstić information content (AvgIpc) is 1.81. The summed E-state index contributed by atoms with van der Waals surface area (Å²) in [5, 5.41) is -3.32. The molecule has 0 N–H and O–H groups in total. The van der Waals surface area contributed by atoms with Gasteiger partial charge in [0.2, 0.25) is 0 Å². The molecule has 0 aliphatic rings. The molecule has 0 aromatic rings. The van der Waals surface area contributed by atoms with Crippen molar-refractivity contribution in [2.24, 2.45) is 0 Å². The van der Waals surface area contributed by atoms with E-state index in [0.717, 1.165) is 0 Å². The van der Waals surface area contributed by atoms with Crippen LogP contribution in [-0.2, 0) is 14.7 Å². The maximum Gasteiger partial charge on any atom is 0.454 e. The maximum atomic E-state index is 12.1. The normalized spacial score (nSPS) is 17.2. The first-order valence-electron chi connectivity index (χ1n) is 2.80. The second-order valence-electron chi connectivity index (χ2n) is 2.26. The molecule has 0 saturated heterocycles. The summed E-state index contributed by atoms with van der Waals surface area (Å²) in [4.78, 5) is 0. The van der Waals surface area contributed by atoms with Crippen molar-refractivity contribution in [2.45, 2.75) is 24.3 Å². The van der Waals surface area contributed by atoms with E-state index in [9.17, 15) is 34.9 Å². The molecular weight excluding hydrogens is 223 g/mol. The van der Waals surface area contributed by atoms with Gasteiger partial charge in [0.1, 0.15) is 0 Å². The summed E-state index contributed by atoms with van der Waals surface area (Å²) in [5.74, 6) is -5.52. The zero-order valence-electron chi connectivity index (χ0n) is 6.10. The van der Waals surface area contributed by atoms with Gasteiger partial charge in [-0.05, 0) is 6.92 Å². The molecule has 1 radical (unpaired) electrons. The van der Waals surface area contributed by atoms with Crippen LogP contribution in [0.5, 0.6) is 0 Å². The Bertz CT molecular complexity index is 279. The second kappa shape index (κ2) is 3.05. The fourth-order valence-electron chi connectivity index (χ4n) is 0.412. The minimum absolute atomic E-state index is 0.00975. The monoisotopic (exact) mass is 227 g/mol. The Morgan fingerprint density at radius 3 is 1.46 bits per heavy atom. The summed E-state index contributed by atoms with van der Waals surface area (Å²) >= 11 is 0. The Kier molecular flexibility index (Phi) is 2.95. The van der Waals surface area contributed by atoms with Gasteiger partial charge in [-0.1, -0.05) is 4.55 Å². The number of halogens is 5. The van der Waals surface area contributed by atoms with Gasteiger partial charge in [-0.2, -0.15) is 30.4 Å². The van der Waals surface area contributed by atoms with E-state index in [0.29, 0.717) is 0 Å². The predicted octanol–water partition coefficient (Wildman–Crippen LogP) is 1.33. The van der Waals surface area contributed by atoms with Crippen LogP contribution in [0.2, 0.25) is 0 Å². The Morgan fingerprint density at radius 2 is 1.38 bits per heavy atom. The van der Waals surface area contributed by atoms with E-state index in [-0.39, 0.29) is 6.92 Å². The van der Waals surface area contributed by atoms with Gasteiger partial charge in [-0.3, -0.25) is 0 Å². The quantitative estimate of drug-likeness (QED) is 0.668. The molecule has 0 aliphatic carbocycles. The molecule has 0 rings (SSSR count). The van der Waals surface area contributed by atoms with E-state index in [1.165, 1.54) is 0 Å². The van der Waals surface area contributed by atoms with Gasteiger partial charge in [-0.15, -0.1) is 0 Å². The third-order valence-electron chi connectivity index (χ3n) is 1.32. The molecule has 0 aromatic heterocycles. The molecule has 13 heavy (non-hydrogen) atoms. The van der Waals surface area contributed by atoms with Crippen LogP contribution in [0.3, 0.4) is 0 Å². The van der Waals surface area contributed by atoms with Crippen molar-refractivity contribution in [2.75, 3.05) is 0 Å². The summed E-state index contributed by atoms with van der Waals surface area (Å²) < 4.78 is 88.3. The smallest absolute Gasteiger partial charge is 0.196 e. The van der Waals surface area contributed by atoms with Crippen molar-refractivity contribution < 1.29 is 34.9 Å². The summed E-state index contributed by atoms with van der Waals surface area (Å²) in [7, 11) is -5.66. The first kappa shape index (κ1) is 12.6. The van der Waals surface area contributed by atoms with Crippen LogP contribution < -0.4 is 0 Å². The van der Waals surface area contributed by atoms with Crippen LogP contribution in [0.25, 0.3) is 0 Å². The summed E-state index contributed by atoms with van der Waals surface area (Å²) in [6.07, 6.45) is -6.04. The Morgan fingerprint density at radius 1 is 1.08 bits per heavy atom. The minimum atomic E-state index is -6.04. The fraction of sp³-hybridized carbons (Fsp3) is 1.00. The highest BCUT2D eigenvalue weighted by molar-refractivity contribution is 7.86. The first-order chi connectivity index (χ1) is 5.40. The molecule has 0 spiro atoms. The van der Waals surface area contributed by atoms with Crippen LogP contribution in [0.4, 0.5) is 22.0 Å². The van der Waals surface area contributed by atoms with Crippen LogP contribution >= 0.6 is 0 Å². The molecule has 0 aliphatic heterocycles. The lowest BCUT2D eigenvalue weighted by Crippen LogP contribution is -2.48. The molecule has 79 valence electrons. The van der Waals surface area contributed by atoms with Gasteiger partial charge in [0, 0.05) is 0 Å². The first-order valence-corrected chi connectivity index (χ1v) is 4.27. The molecule has 0 aromatic carbocycles. The lowest BCUT2D eigenvalue weighted by Gasteiger charge is -2.22. The molecule has 0 amide bonds. The summed E-state index contributed by atoms with van der Waals surface area (Å²) in [6.45, 7) is 0.00975.